The predicted molar refractivity (Wildman–Crippen MR) is 102 cm³/mol. The highest BCUT2D eigenvalue weighted by Crippen LogP contribution is 2.33. The molecule has 0 radical (unpaired) electrons. The number of non-ortho nitro benzene ring substituents is 1. The van der Waals surface area contributed by atoms with Gasteiger partial charge < -0.3 is 10.4 Å². The minimum absolute atomic E-state index is 0.161. The molecule has 0 bridgehead atoms. The van der Waals surface area contributed by atoms with Crippen LogP contribution in [0, 0.1) is 10.1 Å². The summed E-state index contributed by atoms with van der Waals surface area (Å²) in [5, 5.41) is 24.0. The first-order chi connectivity index (χ1) is 13.4. The maximum Gasteiger partial charge on any atom is 0.296 e. The first kappa shape index (κ1) is 20.5. The van der Waals surface area contributed by atoms with Crippen molar-refractivity contribution in [3.8, 4) is 5.75 Å². The molecular weight excluding hydrogens is 428 g/mol. The smallest absolute Gasteiger partial charge is 0.296 e. The van der Waals surface area contributed by atoms with Gasteiger partial charge in [0.05, 0.1) is 15.5 Å². The van der Waals surface area contributed by atoms with E-state index in [0.29, 0.717) is 6.07 Å². The van der Waals surface area contributed by atoms with E-state index in [2.05, 4.69) is 5.32 Å². The van der Waals surface area contributed by atoms with Crippen LogP contribution < -0.4 is 5.32 Å². The molecule has 0 aliphatic rings. The van der Waals surface area contributed by atoms with E-state index in [4.69, 9.17) is 4.55 Å². The number of phenols is 1. The number of nitrogens with one attached hydrogen (secondary N) is 1. The van der Waals surface area contributed by atoms with E-state index < -0.39 is 46.4 Å². The van der Waals surface area contributed by atoms with Crippen molar-refractivity contribution < 1.29 is 36.0 Å². The molecule has 0 heterocycles. The van der Waals surface area contributed by atoms with Crippen molar-refractivity contribution in [1.29, 1.82) is 0 Å². The number of anilines is 2. The Kier molecular flexibility index (Phi) is 4.92. The summed E-state index contributed by atoms with van der Waals surface area (Å²) in [6, 6.07) is 8.94. The Bertz CT molecular complexity index is 1370. The van der Waals surface area contributed by atoms with Crippen molar-refractivity contribution in [2.24, 2.45) is 0 Å². The van der Waals surface area contributed by atoms with Crippen LogP contribution >= 0.6 is 0 Å². The van der Waals surface area contributed by atoms with Crippen molar-refractivity contribution in [1.82, 2.24) is 0 Å². The molecule has 0 atom stereocenters. The molecule has 3 rings (SSSR count). The van der Waals surface area contributed by atoms with E-state index >= 15 is 0 Å². The van der Waals surface area contributed by atoms with Gasteiger partial charge in [-0.25, -0.2) is 0 Å². The molecule has 3 aromatic rings. The molecule has 0 saturated carbocycles. The molecule has 0 aliphatic carbocycles. The molecule has 152 valence electrons. The molecular formula is C16H12N2O9S2. The van der Waals surface area contributed by atoms with Gasteiger partial charge in [0.25, 0.3) is 25.9 Å². The number of hydrogen-bond donors (Lipinski definition) is 4. The summed E-state index contributed by atoms with van der Waals surface area (Å²) >= 11 is 0. The van der Waals surface area contributed by atoms with Gasteiger partial charge in [0.15, 0.2) is 0 Å². The molecule has 3 aromatic carbocycles. The summed E-state index contributed by atoms with van der Waals surface area (Å²) < 4.78 is 64.1. The molecule has 0 saturated heterocycles. The van der Waals surface area contributed by atoms with Crippen LogP contribution in [0.3, 0.4) is 0 Å². The Hall–Kier alpha value is -3.26. The molecule has 0 spiro atoms. The van der Waals surface area contributed by atoms with Crippen LogP contribution in [0.2, 0.25) is 0 Å². The molecule has 0 fully saturated rings. The van der Waals surface area contributed by atoms with Crippen molar-refractivity contribution in [3.63, 3.8) is 0 Å². The first-order valence-corrected chi connectivity index (χ1v) is 10.5. The fourth-order valence-corrected chi connectivity index (χ4v) is 3.84. The SMILES string of the molecule is O=[N+]([O-])c1ccc(Nc2ccc3cc(S(=O)(=O)O)cc(O)c3c2)c(S(=O)(=O)O)c1. The van der Waals surface area contributed by atoms with Gasteiger partial charge in [-0.2, -0.15) is 16.8 Å². The summed E-state index contributed by atoms with van der Waals surface area (Å²) in [5.41, 5.74) is -0.477. The average Bonchev–Trinajstić information content (AvgIpc) is 2.60. The fourth-order valence-electron chi connectivity index (χ4n) is 2.63. The van der Waals surface area contributed by atoms with Crippen LogP contribution in [0.15, 0.2) is 58.3 Å². The molecule has 0 amide bonds. The summed E-state index contributed by atoms with van der Waals surface area (Å²) in [4.78, 5) is 8.80. The molecule has 0 unspecified atom stereocenters. The van der Waals surface area contributed by atoms with Gasteiger partial charge >= 0.3 is 0 Å². The Labute approximate surface area is 163 Å². The molecule has 4 N–H and O–H groups in total. The second-order valence-corrected chi connectivity index (χ2v) is 8.70. The van der Waals surface area contributed by atoms with Crippen molar-refractivity contribution >= 4 is 48.1 Å². The van der Waals surface area contributed by atoms with Crippen LogP contribution in [0.4, 0.5) is 17.1 Å². The third-order valence-electron chi connectivity index (χ3n) is 3.94. The minimum atomic E-state index is -4.79. The zero-order valence-corrected chi connectivity index (χ0v) is 15.8. The molecule has 29 heavy (non-hydrogen) atoms. The number of nitro groups is 1. The van der Waals surface area contributed by atoms with Gasteiger partial charge in [-0.1, -0.05) is 6.07 Å². The van der Waals surface area contributed by atoms with Gasteiger partial charge in [0, 0.05) is 29.3 Å². The maximum absolute atomic E-state index is 11.6. The minimum Gasteiger partial charge on any atom is -0.507 e. The summed E-state index contributed by atoms with van der Waals surface area (Å²) in [6.45, 7) is 0. The highest BCUT2D eigenvalue weighted by atomic mass is 32.2. The third-order valence-corrected chi connectivity index (χ3v) is 5.66. The van der Waals surface area contributed by atoms with Crippen molar-refractivity contribution in [3.05, 3.63) is 58.6 Å². The van der Waals surface area contributed by atoms with Gasteiger partial charge in [-0.3, -0.25) is 19.2 Å². The second-order valence-electron chi connectivity index (χ2n) is 5.89. The lowest BCUT2D eigenvalue weighted by molar-refractivity contribution is -0.385. The number of fused-ring (bicyclic) bond motifs is 1. The largest absolute Gasteiger partial charge is 0.507 e. The molecule has 11 nitrogen and oxygen atoms in total. The van der Waals surface area contributed by atoms with Gasteiger partial charge in [-0.15, -0.1) is 0 Å². The predicted octanol–water partition coefficient (Wildman–Crippen LogP) is 2.69. The average molecular weight is 440 g/mol. The van der Waals surface area contributed by atoms with E-state index in [1.807, 2.05) is 0 Å². The Balaban J connectivity index is 2.09. The quantitative estimate of drug-likeness (QED) is 0.261. The number of nitro benzene ring substituents is 1. The lowest BCUT2D eigenvalue weighted by Crippen LogP contribution is -2.04. The number of nitrogens with zero attached hydrogens (tertiary/aromatic N) is 1. The van der Waals surface area contributed by atoms with Gasteiger partial charge in [-0.05, 0) is 29.7 Å². The Morgan fingerprint density at radius 3 is 2.17 bits per heavy atom. The number of aromatic hydroxyl groups is 1. The Morgan fingerprint density at radius 2 is 1.59 bits per heavy atom. The lowest BCUT2D eigenvalue weighted by atomic mass is 10.1. The number of hydrogen-bond acceptors (Lipinski definition) is 8. The van der Waals surface area contributed by atoms with E-state index in [0.717, 1.165) is 24.3 Å². The van der Waals surface area contributed by atoms with E-state index in [1.165, 1.54) is 18.2 Å². The first-order valence-electron chi connectivity index (χ1n) is 7.63. The number of benzene rings is 3. The maximum atomic E-state index is 11.6. The summed E-state index contributed by atoms with van der Waals surface area (Å²) in [5.74, 6) is -0.461. The summed E-state index contributed by atoms with van der Waals surface area (Å²) in [7, 11) is -9.33. The van der Waals surface area contributed by atoms with E-state index in [1.54, 1.807) is 0 Å². The molecule has 13 heteroatoms. The second kappa shape index (κ2) is 6.97. The standard InChI is InChI=1S/C16H12N2O9S2/c19-15-8-12(28(22,23)24)5-9-1-2-10(6-13(9)15)17-14-4-3-11(18(20)21)7-16(14)29(25,26)27/h1-8,17,19H,(H,22,23,24)(H,25,26,27). The van der Waals surface area contributed by atoms with Crippen LogP contribution in [0.5, 0.6) is 5.75 Å². The number of phenolic OH excluding ortho intramolecular Hbond substituents is 1. The Morgan fingerprint density at radius 1 is 0.897 bits per heavy atom. The highest BCUT2D eigenvalue weighted by Gasteiger charge is 2.21. The van der Waals surface area contributed by atoms with Crippen LogP contribution in [-0.2, 0) is 20.2 Å². The van der Waals surface area contributed by atoms with Crippen molar-refractivity contribution in [2.75, 3.05) is 5.32 Å². The summed E-state index contributed by atoms with van der Waals surface area (Å²) in [6.07, 6.45) is 0. The zero-order chi connectivity index (χ0) is 21.6. The van der Waals surface area contributed by atoms with Crippen molar-refractivity contribution in [2.45, 2.75) is 9.79 Å². The fraction of sp³-hybridized carbons (Fsp3) is 0. The third kappa shape index (κ3) is 4.27. The zero-order valence-electron chi connectivity index (χ0n) is 14.2. The van der Waals surface area contributed by atoms with E-state index in [-0.39, 0.29) is 22.1 Å². The van der Waals surface area contributed by atoms with Crippen LogP contribution in [0.25, 0.3) is 10.8 Å². The molecule has 0 aromatic heterocycles. The number of rotatable bonds is 5. The van der Waals surface area contributed by atoms with E-state index in [9.17, 15) is 36.6 Å². The van der Waals surface area contributed by atoms with Gasteiger partial charge in [0.2, 0.25) is 0 Å². The lowest BCUT2D eigenvalue weighted by Gasteiger charge is -2.12. The monoisotopic (exact) mass is 440 g/mol. The van der Waals surface area contributed by atoms with Crippen LogP contribution in [-0.4, -0.2) is 36.0 Å². The molecule has 0 aliphatic heterocycles. The topological polar surface area (TPSA) is 184 Å². The van der Waals surface area contributed by atoms with Gasteiger partial charge in [0.1, 0.15) is 10.6 Å². The highest BCUT2D eigenvalue weighted by molar-refractivity contribution is 7.86. The normalized spacial score (nSPS) is 12.1. The van der Waals surface area contributed by atoms with Crippen LogP contribution in [0.1, 0.15) is 0 Å².